The summed E-state index contributed by atoms with van der Waals surface area (Å²) in [6, 6.07) is 1.82. The molecule has 1 unspecified atom stereocenters. The Balaban J connectivity index is 2.45. The molecule has 0 radical (unpaired) electrons. The van der Waals surface area contributed by atoms with Crippen LogP contribution in [0, 0.1) is 5.92 Å². The lowest BCUT2D eigenvalue weighted by atomic mass is 10.1. The fraction of sp³-hybridized carbons (Fsp3) is 0.556. The Labute approximate surface area is 78.6 Å². The second-order valence-corrected chi connectivity index (χ2v) is 3.19. The number of nitrogens with zero attached hydrogens (tertiary/aromatic N) is 2. The molecule has 4 nitrogen and oxygen atoms in total. The number of aromatic nitrogens is 2. The van der Waals surface area contributed by atoms with Gasteiger partial charge >= 0.3 is 0 Å². The van der Waals surface area contributed by atoms with Crippen molar-refractivity contribution in [1.82, 2.24) is 9.97 Å². The number of rotatable bonds is 4. The van der Waals surface area contributed by atoms with E-state index in [1.54, 1.807) is 6.20 Å². The Bertz CT molecular complexity index is 262. The zero-order valence-corrected chi connectivity index (χ0v) is 8.12. The van der Waals surface area contributed by atoms with Crippen molar-refractivity contribution in [2.75, 3.05) is 17.6 Å². The highest BCUT2D eigenvalue weighted by Crippen LogP contribution is 2.05. The lowest BCUT2D eigenvalue weighted by Gasteiger charge is -2.10. The van der Waals surface area contributed by atoms with Crippen molar-refractivity contribution in [3.05, 3.63) is 12.3 Å². The zero-order valence-electron chi connectivity index (χ0n) is 8.12. The molecule has 13 heavy (non-hydrogen) atoms. The summed E-state index contributed by atoms with van der Waals surface area (Å²) in [6.07, 6.45) is 2.81. The molecular weight excluding hydrogens is 164 g/mol. The van der Waals surface area contributed by atoms with Crippen LogP contribution in [0.15, 0.2) is 12.3 Å². The van der Waals surface area contributed by atoms with E-state index in [0.29, 0.717) is 11.9 Å². The van der Waals surface area contributed by atoms with Crippen LogP contribution in [-0.2, 0) is 0 Å². The van der Waals surface area contributed by atoms with Crippen LogP contribution < -0.4 is 11.1 Å². The Morgan fingerprint density at radius 2 is 2.38 bits per heavy atom. The number of hydrogen-bond acceptors (Lipinski definition) is 4. The molecule has 0 aliphatic carbocycles. The Kier molecular flexibility index (Phi) is 3.49. The van der Waals surface area contributed by atoms with E-state index >= 15 is 0 Å². The van der Waals surface area contributed by atoms with Crippen LogP contribution in [0.25, 0.3) is 0 Å². The molecule has 1 heterocycles. The van der Waals surface area contributed by atoms with Crippen molar-refractivity contribution in [3.63, 3.8) is 0 Å². The van der Waals surface area contributed by atoms with Crippen molar-refractivity contribution in [2.24, 2.45) is 5.92 Å². The van der Waals surface area contributed by atoms with Gasteiger partial charge in [-0.1, -0.05) is 20.3 Å². The van der Waals surface area contributed by atoms with Crippen molar-refractivity contribution in [3.8, 4) is 0 Å². The smallest absolute Gasteiger partial charge is 0.221 e. The Morgan fingerprint density at radius 3 is 3.00 bits per heavy atom. The predicted molar refractivity (Wildman–Crippen MR) is 54.4 cm³/mol. The van der Waals surface area contributed by atoms with Gasteiger partial charge in [0.25, 0.3) is 0 Å². The largest absolute Gasteiger partial charge is 0.370 e. The highest BCUT2D eigenvalue weighted by atomic mass is 15.1. The number of anilines is 2. The third-order valence-electron chi connectivity index (χ3n) is 2.00. The van der Waals surface area contributed by atoms with Gasteiger partial charge in [0, 0.05) is 12.7 Å². The number of hydrogen-bond donors (Lipinski definition) is 2. The van der Waals surface area contributed by atoms with Gasteiger partial charge in [0.2, 0.25) is 5.95 Å². The van der Waals surface area contributed by atoms with Gasteiger partial charge in [0.05, 0.1) is 0 Å². The molecule has 1 rings (SSSR count). The zero-order chi connectivity index (χ0) is 9.68. The van der Waals surface area contributed by atoms with Crippen molar-refractivity contribution < 1.29 is 0 Å². The molecule has 0 aromatic carbocycles. The van der Waals surface area contributed by atoms with Gasteiger partial charge in [-0.3, -0.25) is 0 Å². The molecule has 72 valence electrons. The molecule has 3 N–H and O–H groups in total. The molecule has 1 aromatic heterocycles. The molecule has 1 aromatic rings. The van der Waals surface area contributed by atoms with E-state index in [4.69, 9.17) is 5.73 Å². The average Bonchev–Trinajstić information content (AvgIpc) is 2.14. The van der Waals surface area contributed by atoms with Crippen LogP contribution in [-0.4, -0.2) is 16.5 Å². The molecule has 1 atom stereocenters. The maximum atomic E-state index is 5.44. The number of nitrogen functional groups attached to an aromatic ring is 1. The highest BCUT2D eigenvalue weighted by molar-refractivity contribution is 5.37. The van der Waals surface area contributed by atoms with Gasteiger partial charge in [0.15, 0.2) is 0 Å². The average molecular weight is 180 g/mol. The molecule has 0 amide bonds. The van der Waals surface area contributed by atoms with Crippen molar-refractivity contribution in [1.29, 1.82) is 0 Å². The normalized spacial score (nSPS) is 12.5. The van der Waals surface area contributed by atoms with E-state index < -0.39 is 0 Å². The summed E-state index contributed by atoms with van der Waals surface area (Å²) in [5.41, 5.74) is 5.44. The van der Waals surface area contributed by atoms with Crippen LogP contribution >= 0.6 is 0 Å². The van der Waals surface area contributed by atoms with Gasteiger partial charge in [0.1, 0.15) is 5.82 Å². The first kappa shape index (κ1) is 9.77. The fourth-order valence-corrected chi connectivity index (χ4v) is 0.895. The van der Waals surface area contributed by atoms with E-state index in [9.17, 15) is 0 Å². The van der Waals surface area contributed by atoms with Gasteiger partial charge in [-0.05, 0) is 12.0 Å². The molecule has 0 aliphatic rings. The van der Waals surface area contributed by atoms with Crippen molar-refractivity contribution >= 4 is 11.8 Å². The summed E-state index contributed by atoms with van der Waals surface area (Å²) < 4.78 is 0. The lowest BCUT2D eigenvalue weighted by Crippen LogP contribution is -2.11. The SMILES string of the molecule is CCC(C)CNc1ccnc(N)n1. The van der Waals surface area contributed by atoms with Gasteiger partial charge in [-0.15, -0.1) is 0 Å². The Hall–Kier alpha value is -1.32. The maximum Gasteiger partial charge on any atom is 0.221 e. The quantitative estimate of drug-likeness (QED) is 0.737. The molecule has 0 aliphatic heterocycles. The maximum absolute atomic E-state index is 5.44. The third kappa shape index (κ3) is 3.27. The summed E-state index contributed by atoms with van der Waals surface area (Å²) in [7, 11) is 0. The van der Waals surface area contributed by atoms with Crippen LogP contribution in [0.2, 0.25) is 0 Å². The minimum atomic E-state index is 0.314. The van der Waals surface area contributed by atoms with Crippen molar-refractivity contribution in [2.45, 2.75) is 20.3 Å². The molecular formula is C9H16N4. The third-order valence-corrected chi connectivity index (χ3v) is 2.00. The van der Waals surface area contributed by atoms with Crippen LogP contribution in [0.5, 0.6) is 0 Å². The minimum Gasteiger partial charge on any atom is -0.370 e. The minimum absolute atomic E-state index is 0.314. The first-order valence-corrected chi connectivity index (χ1v) is 4.54. The van der Waals surface area contributed by atoms with Gasteiger partial charge in [-0.25, -0.2) is 4.98 Å². The summed E-state index contributed by atoms with van der Waals surface area (Å²) in [5.74, 6) is 1.76. The van der Waals surface area contributed by atoms with Crippen LogP contribution in [0.3, 0.4) is 0 Å². The van der Waals surface area contributed by atoms with Crippen LogP contribution in [0.1, 0.15) is 20.3 Å². The van der Waals surface area contributed by atoms with E-state index in [-0.39, 0.29) is 0 Å². The molecule has 0 spiro atoms. The standard InChI is InChI=1S/C9H16N4/c1-3-7(2)6-12-8-4-5-11-9(10)13-8/h4-5,7H,3,6H2,1-2H3,(H3,10,11,12,13). The second-order valence-electron chi connectivity index (χ2n) is 3.19. The van der Waals surface area contributed by atoms with E-state index in [1.165, 1.54) is 0 Å². The summed E-state index contributed by atoms with van der Waals surface area (Å²) in [6.45, 7) is 5.28. The van der Waals surface area contributed by atoms with E-state index in [2.05, 4.69) is 29.1 Å². The second kappa shape index (κ2) is 4.64. The first-order valence-electron chi connectivity index (χ1n) is 4.54. The monoisotopic (exact) mass is 180 g/mol. The molecule has 0 fully saturated rings. The molecule has 0 bridgehead atoms. The fourth-order valence-electron chi connectivity index (χ4n) is 0.895. The topological polar surface area (TPSA) is 63.8 Å². The van der Waals surface area contributed by atoms with Crippen LogP contribution in [0.4, 0.5) is 11.8 Å². The highest BCUT2D eigenvalue weighted by Gasteiger charge is 1.99. The summed E-state index contributed by atoms with van der Waals surface area (Å²) >= 11 is 0. The molecule has 0 saturated carbocycles. The Morgan fingerprint density at radius 1 is 1.62 bits per heavy atom. The van der Waals surface area contributed by atoms with E-state index in [0.717, 1.165) is 18.8 Å². The summed E-state index contributed by atoms with van der Waals surface area (Å²) in [4.78, 5) is 7.85. The first-order chi connectivity index (χ1) is 6.22. The predicted octanol–water partition coefficient (Wildman–Crippen LogP) is 1.52. The lowest BCUT2D eigenvalue weighted by molar-refractivity contribution is 0.592. The number of nitrogens with one attached hydrogen (secondary N) is 1. The summed E-state index contributed by atoms with van der Waals surface area (Å²) in [5, 5.41) is 3.21. The van der Waals surface area contributed by atoms with E-state index in [1.807, 2.05) is 6.07 Å². The molecule has 0 saturated heterocycles. The number of nitrogens with two attached hydrogens (primary N) is 1. The van der Waals surface area contributed by atoms with Gasteiger partial charge in [-0.2, -0.15) is 4.98 Å². The molecule has 4 heteroatoms. The van der Waals surface area contributed by atoms with Gasteiger partial charge < -0.3 is 11.1 Å².